The van der Waals surface area contributed by atoms with E-state index in [9.17, 15) is 0 Å². The fourth-order valence-corrected chi connectivity index (χ4v) is 8.50. The summed E-state index contributed by atoms with van der Waals surface area (Å²) in [4.78, 5) is 15.7. The Morgan fingerprint density at radius 2 is 0.868 bits per heavy atom. The highest BCUT2D eigenvalue weighted by molar-refractivity contribution is 7.26. The summed E-state index contributed by atoms with van der Waals surface area (Å²) in [6, 6.07) is 65.9. The summed E-state index contributed by atoms with van der Waals surface area (Å²) in [7, 11) is 0. The summed E-state index contributed by atoms with van der Waals surface area (Å²) in [6.45, 7) is 0. The van der Waals surface area contributed by atoms with Crippen molar-refractivity contribution in [3.63, 3.8) is 0 Å². The largest absolute Gasteiger partial charge is 0.246 e. The highest BCUT2D eigenvalue weighted by Gasteiger charge is 2.19. The molecule has 0 bridgehead atoms. The van der Waals surface area contributed by atoms with Crippen molar-refractivity contribution in [2.24, 2.45) is 0 Å². The summed E-state index contributed by atoms with van der Waals surface area (Å²) in [5, 5.41) is 3.62. The molecule has 0 aliphatic rings. The lowest BCUT2D eigenvalue weighted by Crippen LogP contribution is -1.96. The van der Waals surface area contributed by atoms with Crippen LogP contribution in [-0.2, 0) is 0 Å². The topological polar surface area (TPSA) is 38.7 Å². The Morgan fingerprint density at radius 1 is 0.358 bits per heavy atom. The molecule has 4 heteroatoms. The number of rotatable bonds is 6. The first-order valence-corrected chi connectivity index (χ1v) is 18.6. The van der Waals surface area contributed by atoms with Crippen LogP contribution in [0.4, 0.5) is 0 Å². The van der Waals surface area contributed by atoms with Crippen LogP contribution in [0.15, 0.2) is 188 Å². The number of aromatic nitrogens is 3. The van der Waals surface area contributed by atoms with E-state index in [-0.39, 0.29) is 0 Å². The van der Waals surface area contributed by atoms with E-state index in [4.69, 9.17) is 15.0 Å². The van der Waals surface area contributed by atoms with Crippen LogP contribution in [0.5, 0.6) is 0 Å². The first kappa shape index (κ1) is 31.0. The van der Waals surface area contributed by atoms with E-state index in [1.165, 1.54) is 31.1 Å². The van der Waals surface area contributed by atoms with Crippen LogP contribution in [0.1, 0.15) is 0 Å². The highest BCUT2D eigenvalue weighted by atomic mass is 32.1. The zero-order valence-corrected chi connectivity index (χ0v) is 29.5. The Labute approximate surface area is 311 Å². The fourth-order valence-electron chi connectivity index (χ4n) is 7.27. The molecule has 0 unspecified atom stereocenters. The molecule has 0 aliphatic heterocycles. The third kappa shape index (κ3) is 5.66. The molecule has 7 aromatic carbocycles. The molecule has 0 saturated carbocycles. The van der Waals surface area contributed by atoms with Gasteiger partial charge in [-0.3, -0.25) is 0 Å². The number of pyridine rings is 1. The van der Waals surface area contributed by atoms with Crippen LogP contribution >= 0.6 is 11.3 Å². The third-order valence-corrected chi connectivity index (χ3v) is 11.1. The van der Waals surface area contributed by atoms with Gasteiger partial charge in [0, 0.05) is 53.4 Å². The van der Waals surface area contributed by atoms with Gasteiger partial charge < -0.3 is 0 Å². The van der Waals surface area contributed by atoms with Crippen LogP contribution < -0.4 is 0 Å². The number of para-hydroxylation sites is 1. The standard InChI is InChI=1S/C49H31N3S/c1-4-13-32(14-5-1)33-23-29-38(30-24-33)49-50-42(35-17-8-3-9-18-35)31-43(51-49)36-25-27-37(28-26-36)46-45-40-19-10-11-22-44(40)53-48(45)41-21-12-20-39(47(41)52-46)34-15-6-2-7-16-34/h1-31H. The summed E-state index contributed by atoms with van der Waals surface area (Å²) in [5.74, 6) is 0.695. The minimum absolute atomic E-state index is 0.695. The van der Waals surface area contributed by atoms with Gasteiger partial charge >= 0.3 is 0 Å². The molecular formula is C49H31N3S. The fraction of sp³-hybridized carbons (Fsp3) is 0. The van der Waals surface area contributed by atoms with Gasteiger partial charge in [-0.15, -0.1) is 11.3 Å². The van der Waals surface area contributed by atoms with E-state index < -0.39 is 0 Å². The SMILES string of the molecule is c1ccc(-c2ccc(-c3nc(-c4ccccc4)cc(-c4ccc(-c5nc6c(-c7ccccc7)cccc6c6sc7ccccc7c56)cc4)n3)cc2)cc1. The van der Waals surface area contributed by atoms with E-state index in [1.807, 2.05) is 23.5 Å². The van der Waals surface area contributed by atoms with Crippen molar-refractivity contribution in [1.29, 1.82) is 0 Å². The van der Waals surface area contributed by atoms with Gasteiger partial charge in [-0.05, 0) is 28.8 Å². The van der Waals surface area contributed by atoms with Crippen LogP contribution in [-0.4, -0.2) is 15.0 Å². The van der Waals surface area contributed by atoms with Gasteiger partial charge in [0.1, 0.15) is 0 Å². The minimum atomic E-state index is 0.695. The van der Waals surface area contributed by atoms with Gasteiger partial charge in [0.25, 0.3) is 0 Å². The maximum Gasteiger partial charge on any atom is 0.160 e. The molecule has 0 atom stereocenters. The van der Waals surface area contributed by atoms with Gasteiger partial charge in [0.2, 0.25) is 0 Å². The number of nitrogens with zero attached hydrogens (tertiary/aromatic N) is 3. The third-order valence-electron chi connectivity index (χ3n) is 9.92. The zero-order chi connectivity index (χ0) is 35.1. The predicted molar refractivity (Wildman–Crippen MR) is 223 cm³/mol. The van der Waals surface area contributed by atoms with E-state index in [1.54, 1.807) is 0 Å². The molecule has 0 spiro atoms. The highest BCUT2D eigenvalue weighted by Crippen LogP contribution is 2.44. The monoisotopic (exact) mass is 693 g/mol. The van der Waals surface area contributed by atoms with E-state index >= 15 is 0 Å². The molecule has 0 aliphatic carbocycles. The molecule has 10 rings (SSSR count). The maximum absolute atomic E-state index is 5.49. The van der Waals surface area contributed by atoms with Gasteiger partial charge in [-0.25, -0.2) is 15.0 Å². The lowest BCUT2D eigenvalue weighted by atomic mass is 9.97. The maximum atomic E-state index is 5.49. The van der Waals surface area contributed by atoms with Crippen molar-refractivity contribution >= 4 is 42.4 Å². The Kier molecular flexibility index (Phi) is 7.67. The van der Waals surface area contributed by atoms with Crippen LogP contribution in [0, 0.1) is 0 Å². The smallest absolute Gasteiger partial charge is 0.160 e. The van der Waals surface area contributed by atoms with E-state index in [2.05, 4.69) is 176 Å². The lowest BCUT2D eigenvalue weighted by Gasteiger charge is -2.12. The Hall–Kier alpha value is -6.75. The summed E-state index contributed by atoms with van der Waals surface area (Å²) >= 11 is 1.85. The Bertz CT molecular complexity index is 2900. The Morgan fingerprint density at radius 3 is 1.57 bits per heavy atom. The molecule has 3 aromatic heterocycles. The molecule has 248 valence electrons. The van der Waals surface area contributed by atoms with E-state index in [0.717, 1.165) is 61.5 Å². The van der Waals surface area contributed by atoms with Gasteiger partial charge in [0.05, 0.1) is 22.6 Å². The van der Waals surface area contributed by atoms with Crippen molar-refractivity contribution in [2.45, 2.75) is 0 Å². The second-order valence-corrected chi connectivity index (χ2v) is 14.2. The zero-order valence-electron chi connectivity index (χ0n) is 28.6. The number of fused-ring (bicyclic) bond motifs is 5. The molecule has 10 aromatic rings. The van der Waals surface area contributed by atoms with Crippen molar-refractivity contribution < 1.29 is 0 Å². The second-order valence-electron chi connectivity index (χ2n) is 13.2. The molecule has 0 fully saturated rings. The van der Waals surface area contributed by atoms with Crippen molar-refractivity contribution in [3.05, 3.63) is 188 Å². The lowest BCUT2D eigenvalue weighted by molar-refractivity contribution is 1.18. The molecule has 0 N–H and O–H groups in total. The number of hydrogen-bond donors (Lipinski definition) is 0. The predicted octanol–water partition coefficient (Wildman–Crippen LogP) is 13.4. The quantitative estimate of drug-likeness (QED) is 0.174. The average molecular weight is 694 g/mol. The molecule has 53 heavy (non-hydrogen) atoms. The normalized spacial score (nSPS) is 11.4. The molecule has 3 nitrogen and oxygen atoms in total. The number of thiophene rings is 1. The van der Waals surface area contributed by atoms with Gasteiger partial charge in [0.15, 0.2) is 5.82 Å². The average Bonchev–Trinajstić information content (AvgIpc) is 3.64. The number of hydrogen-bond acceptors (Lipinski definition) is 4. The van der Waals surface area contributed by atoms with E-state index in [0.29, 0.717) is 5.82 Å². The Balaban J connectivity index is 1.11. The van der Waals surface area contributed by atoms with Crippen LogP contribution in [0.3, 0.4) is 0 Å². The summed E-state index contributed by atoms with van der Waals surface area (Å²) < 4.78 is 2.53. The molecule has 0 radical (unpaired) electrons. The van der Waals surface area contributed by atoms with Crippen molar-refractivity contribution in [2.75, 3.05) is 0 Å². The summed E-state index contributed by atoms with van der Waals surface area (Å²) in [6.07, 6.45) is 0. The van der Waals surface area contributed by atoms with Crippen LogP contribution in [0.25, 0.3) is 98.5 Å². The molecule has 3 heterocycles. The first-order valence-electron chi connectivity index (χ1n) is 17.8. The first-order chi connectivity index (χ1) is 26.3. The van der Waals surface area contributed by atoms with Gasteiger partial charge in [-0.2, -0.15) is 0 Å². The molecule has 0 amide bonds. The van der Waals surface area contributed by atoms with Crippen LogP contribution in [0.2, 0.25) is 0 Å². The molecule has 0 saturated heterocycles. The second kappa shape index (κ2) is 13.1. The number of benzene rings is 7. The van der Waals surface area contributed by atoms with Gasteiger partial charge in [-0.1, -0.05) is 176 Å². The summed E-state index contributed by atoms with van der Waals surface area (Å²) in [5.41, 5.74) is 12.5. The molecular weight excluding hydrogens is 663 g/mol. The minimum Gasteiger partial charge on any atom is -0.246 e. The van der Waals surface area contributed by atoms with Crippen molar-refractivity contribution in [1.82, 2.24) is 15.0 Å². The van der Waals surface area contributed by atoms with Crippen molar-refractivity contribution in [3.8, 4) is 67.4 Å².